The molecule has 1 heterocycles. The van der Waals surface area contributed by atoms with Crippen LogP contribution in [-0.4, -0.2) is 18.1 Å². The summed E-state index contributed by atoms with van der Waals surface area (Å²) < 4.78 is 4.87. The van der Waals surface area contributed by atoms with Crippen LogP contribution in [0.5, 0.6) is 0 Å². The first-order valence-electron chi connectivity index (χ1n) is 4.95. The maximum atomic E-state index is 12.0. The van der Waals surface area contributed by atoms with Crippen LogP contribution in [0.2, 0.25) is 0 Å². The Morgan fingerprint density at radius 2 is 2.00 bits per heavy atom. The fourth-order valence-electron chi connectivity index (χ4n) is 1.41. The van der Waals surface area contributed by atoms with Gasteiger partial charge in [0.25, 0.3) is 5.91 Å². The molecule has 0 aliphatic rings. The average Bonchev–Trinajstić information content (AvgIpc) is 2.75. The second-order valence-corrected chi connectivity index (χ2v) is 3.52. The van der Waals surface area contributed by atoms with Crippen molar-refractivity contribution in [3.05, 3.63) is 47.9 Å². The van der Waals surface area contributed by atoms with Crippen LogP contribution in [0.1, 0.15) is 16.2 Å². The van der Waals surface area contributed by atoms with E-state index in [0.717, 1.165) is 5.69 Å². The molecule has 0 aliphatic heterocycles. The Kier molecular flexibility index (Phi) is 2.72. The van der Waals surface area contributed by atoms with Gasteiger partial charge in [-0.3, -0.25) is 4.79 Å². The van der Waals surface area contributed by atoms with Gasteiger partial charge in [0.15, 0.2) is 5.69 Å². The number of anilines is 1. The van der Waals surface area contributed by atoms with Gasteiger partial charge < -0.3 is 9.42 Å². The van der Waals surface area contributed by atoms with Crippen molar-refractivity contribution in [1.29, 1.82) is 0 Å². The van der Waals surface area contributed by atoms with Crippen LogP contribution in [0, 0.1) is 6.92 Å². The van der Waals surface area contributed by atoms with Crippen LogP contribution >= 0.6 is 0 Å². The Balaban J connectivity index is 2.23. The number of aryl methyl sites for hydroxylation is 1. The van der Waals surface area contributed by atoms with E-state index in [4.69, 9.17) is 4.52 Å². The van der Waals surface area contributed by atoms with Crippen molar-refractivity contribution in [1.82, 2.24) is 5.16 Å². The van der Waals surface area contributed by atoms with Gasteiger partial charge in [-0.15, -0.1) is 0 Å². The Hall–Kier alpha value is -2.10. The maximum absolute atomic E-state index is 12.0. The Labute approximate surface area is 93.5 Å². The molecular formula is C12H12N2O2. The zero-order chi connectivity index (χ0) is 11.5. The predicted octanol–water partition coefficient (Wildman–Crippen LogP) is 2.26. The number of rotatable bonds is 2. The molecule has 1 aromatic carbocycles. The van der Waals surface area contributed by atoms with Crippen LogP contribution in [-0.2, 0) is 0 Å². The number of nitrogens with zero attached hydrogens (tertiary/aromatic N) is 2. The lowest BCUT2D eigenvalue weighted by atomic mass is 10.2. The third-order valence-electron chi connectivity index (χ3n) is 2.30. The monoisotopic (exact) mass is 216 g/mol. The van der Waals surface area contributed by atoms with E-state index in [2.05, 4.69) is 5.16 Å². The summed E-state index contributed by atoms with van der Waals surface area (Å²) in [6.07, 6.45) is 0. The Morgan fingerprint density at radius 3 is 2.56 bits per heavy atom. The number of hydrogen-bond acceptors (Lipinski definition) is 3. The normalized spacial score (nSPS) is 10.1. The van der Waals surface area contributed by atoms with E-state index in [0.29, 0.717) is 11.5 Å². The standard InChI is InChI=1S/C12H12N2O2/c1-9-8-11(13-16-9)12(15)14(2)10-6-4-3-5-7-10/h3-8H,1-2H3. The minimum absolute atomic E-state index is 0.178. The van der Waals surface area contributed by atoms with Crippen molar-refractivity contribution in [3.8, 4) is 0 Å². The zero-order valence-corrected chi connectivity index (χ0v) is 9.18. The molecule has 1 amide bonds. The molecule has 16 heavy (non-hydrogen) atoms. The molecular weight excluding hydrogens is 204 g/mol. The smallest absolute Gasteiger partial charge is 0.280 e. The van der Waals surface area contributed by atoms with Crippen LogP contribution in [0.3, 0.4) is 0 Å². The lowest BCUT2D eigenvalue weighted by molar-refractivity contribution is 0.0984. The van der Waals surface area contributed by atoms with Crippen LogP contribution in [0.25, 0.3) is 0 Å². The molecule has 0 fully saturated rings. The van der Waals surface area contributed by atoms with Gasteiger partial charge in [-0.05, 0) is 19.1 Å². The molecule has 2 aromatic rings. The first-order valence-corrected chi connectivity index (χ1v) is 4.95. The quantitative estimate of drug-likeness (QED) is 0.773. The molecule has 0 N–H and O–H groups in total. The number of para-hydroxylation sites is 1. The summed E-state index contributed by atoms with van der Waals surface area (Å²) in [5.41, 5.74) is 1.15. The van der Waals surface area contributed by atoms with Crippen molar-refractivity contribution in [2.24, 2.45) is 0 Å². The molecule has 4 nitrogen and oxygen atoms in total. The van der Waals surface area contributed by atoms with E-state index in [-0.39, 0.29) is 5.91 Å². The molecule has 0 saturated carbocycles. The second kappa shape index (κ2) is 4.18. The van der Waals surface area contributed by atoms with Crippen molar-refractivity contribution in [2.75, 3.05) is 11.9 Å². The SMILES string of the molecule is Cc1cc(C(=O)N(C)c2ccccc2)no1. The molecule has 0 spiro atoms. The van der Waals surface area contributed by atoms with Crippen molar-refractivity contribution < 1.29 is 9.32 Å². The fraction of sp³-hybridized carbons (Fsp3) is 0.167. The largest absolute Gasteiger partial charge is 0.361 e. The highest BCUT2D eigenvalue weighted by Crippen LogP contribution is 2.14. The highest BCUT2D eigenvalue weighted by Gasteiger charge is 2.16. The summed E-state index contributed by atoms with van der Waals surface area (Å²) in [5, 5.41) is 3.70. The number of amides is 1. The molecule has 0 saturated heterocycles. The minimum Gasteiger partial charge on any atom is -0.361 e. The van der Waals surface area contributed by atoms with Gasteiger partial charge >= 0.3 is 0 Å². The molecule has 0 unspecified atom stereocenters. The topological polar surface area (TPSA) is 46.3 Å². The second-order valence-electron chi connectivity index (χ2n) is 3.52. The third-order valence-corrected chi connectivity index (χ3v) is 2.30. The fourth-order valence-corrected chi connectivity index (χ4v) is 1.41. The van der Waals surface area contributed by atoms with Gasteiger partial charge in [0.2, 0.25) is 0 Å². The number of benzene rings is 1. The van der Waals surface area contributed by atoms with E-state index in [9.17, 15) is 4.79 Å². The van der Waals surface area contributed by atoms with Gasteiger partial charge in [-0.25, -0.2) is 0 Å². The summed E-state index contributed by atoms with van der Waals surface area (Å²) in [6.45, 7) is 1.76. The summed E-state index contributed by atoms with van der Waals surface area (Å²) >= 11 is 0. The number of carbonyl (C=O) groups is 1. The molecule has 82 valence electrons. The van der Waals surface area contributed by atoms with Gasteiger partial charge in [0.1, 0.15) is 5.76 Å². The van der Waals surface area contributed by atoms with E-state index >= 15 is 0 Å². The predicted molar refractivity (Wildman–Crippen MR) is 60.4 cm³/mol. The molecule has 2 rings (SSSR count). The van der Waals surface area contributed by atoms with E-state index in [1.54, 1.807) is 20.0 Å². The zero-order valence-electron chi connectivity index (χ0n) is 9.18. The summed E-state index contributed by atoms with van der Waals surface area (Å²) in [5.74, 6) is 0.452. The molecule has 1 aromatic heterocycles. The number of hydrogen-bond donors (Lipinski definition) is 0. The first-order chi connectivity index (χ1) is 7.68. The highest BCUT2D eigenvalue weighted by molar-refractivity contribution is 6.04. The first kappa shape index (κ1) is 10.4. The van der Waals surface area contributed by atoms with Gasteiger partial charge in [0.05, 0.1) is 0 Å². The lowest BCUT2D eigenvalue weighted by Crippen LogP contribution is -2.26. The minimum atomic E-state index is -0.178. The van der Waals surface area contributed by atoms with Crippen LogP contribution < -0.4 is 4.90 Å². The van der Waals surface area contributed by atoms with E-state index in [1.165, 1.54) is 4.90 Å². The average molecular weight is 216 g/mol. The van der Waals surface area contributed by atoms with Crippen LogP contribution in [0.4, 0.5) is 5.69 Å². The van der Waals surface area contributed by atoms with Gasteiger partial charge in [-0.2, -0.15) is 0 Å². The van der Waals surface area contributed by atoms with Gasteiger partial charge in [0, 0.05) is 18.8 Å². The van der Waals surface area contributed by atoms with Crippen LogP contribution in [0.15, 0.2) is 40.9 Å². The molecule has 0 aliphatic carbocycles. The molecule has 4 heteroatoms. The maximum Gasteiger partial charge on any atom is 0.280 e. The molecule has 0 bridgehead atoms. The van der Waals surface area contributed by atoms with Gasteiger partial charge in [-0.1, -0.05) is 23.4 Å². The molecule has 0 radical (unpaired) electrons. The number of carbonyl (C=O) groups excluding carboxylic acids is 1. The summed E-state index contributed by atoms with van der Waals surface area (Å²) in [6, 6.07) is 11.0. The van der Waals surface area contributed by atoms with E-state index in [1.807, 2.05) is 30.3 Å². The molecule has 0 atom stereocenters. The third kappa shape index (κ3) is 1.95. The summed E-state index contributed by atoms with van der Waals surface area (Å²) in [4.78, 5) is 13.5. The number of aromatic nitrogens is 1. The Morgan fingerprint density at radius 1 is 1.31 bits per heavy atom. The van der Waals surface area contributed by atoms with Crippen molar-refractivity contribution >= 4 is 11.6 Å². The summed E-state index contributed by atoms with van der Waals surface area (Å²) in [7, 11) is 1.71. The van der Waals surface area contributed by atoms with Crippen molar-refractivity contribution in [2.45, 2.75) is 6.92 Å². The highest BCUT2D eigenvalue weighted by atomic mass is 16.5. The lowest BCUT2D eigenvalue weighted by Gasteiger charge is -2.15. The van der Waals surface area contributed by atoms with Crippen molar-refractivity contribution in [3.63, 3.8) is 0 Å². The Bertz CT molecular complexity index is 491. The van der Waals surface area contributed by atoms with E-state index < -0.39 is 0 Å².